The van der Waals surface area contributed by atoms with Gasteiger partial charge in [0.05, 0.1) is 9.95 Å². The third-order valence-electron chi connectivity index (χ3n) is 4.11. The summed E-state index contributed by atoms with van der Waals surface area (Å²) in [5, 5.41) is 11.0. The molecule has 3 rings (SSSR count). The highest BCUT2D eigenvalue weighted by Gasteiger charge is 2.21. The van der Waals surface area contributed by atoms with E-state index in [1.807, 2.05) is 17.0 Å². The summed E-state index contributed by atoms with van der Waals surface area (Å²) in [5.74, 6) is 0.103. The maximum Gasteiger partial charge on any atom is 0.289 e. The fourth-order valence-corrected chi connectivity index (χ4v) is 3.05. The van der Waals surface area contributed by atoms with E-state index in [0.717, 1.165) is 18.8 Å². The number of nitrogens with zero attached hydrogens (tertiary/aromatic N) is 4. The molecule has 1 aliphatic heterocycles. The van der Waals surface area contributed by atoms with Gasteiger partial charge in [0.25, 0.3) is 5.69 Å². The van der Waals surface area contributed by atoms with Gasteiger partial charge in [-0.25, -0.2) is 4.98 Å². The van der Waals surface area contributed by atoms with E-state index >= 15 is 0 Å². The van der Waals surface area contributed by atoms with E-state index in [-0.39, 0.29) is 10.7 Å². The SMILES string of the molecule is NC(=O)c1ccc(N2CCN(c3ncc([N+](=O)[O-])cc3Cl)CC2)cc1. The number of carbonyl (C=O) groups excluding carboxylic acids is 1. The van der Waals surface area contributed by atoms with Crippen molar-refractivity contribution < 1.29 is 9.72 Å². The van der Waals surface area contributed by atoms with Gasteiger partial charge in [-0.05, 0) is 24.3 Å². The third-order valence-corrected chi connectivity index (χ3v) is 4.39. The lowest BCUT2D eigenvalue weighted by atomic mass is 10.1. The van der Waals surface area contributed by atoms with Gasteiger partial charge in [0, 0.05) is 43.5 Å². The van der Waals surface area contributed by atoms with Crippen LogP contribution in [0.15, 0.2) is 36.5 Å². The molecule has 1 amide bonds. The first-order chi connectivity index (χ1) is 12.0. The Morgan fingerprint density at radius 3 is 2.28 bits per heavy atom. The molecule has 1 saturated heterocycles. The van der Waals surface area contributed by atoms with E-state index in [1.54, 1.807) is 12.1 Å². The van der Waals surface area contributed by atoms with E-state index in [1.165, 1.54) is 12.3 Å². The fourth-order valence-electron chi connectivity index (χ4n) is 2.77. The van der Waals surface area contributed by atoms with Crippen LogP contribution in [0.25, 0.3) is 0 Å². The van der Waals surface area contributed by atoms with Crippen molar-refractivity contribution in [3.8, 4) is 0 Å². The Kier molecular flexibility index (Phi) is 4.71. The van der Waals surface area contributed by atoms with Gasteiger partial charge >= 0.3 is 0 Å². The predicted octanol–water partition coefficient (Wildman–Crippen LogP) is 2.07. The predicted molar refractivity (Wildman–Crippen MR) is 95.3 cm³/mol. The summed E-state index contributed by atoms with van der Waals surface area (Å²) in [5.41, 5.74) is 6.61. The molecule has 1 aliphatic rings. The average molecular weight is 362 g/mol. The summed E-state index contributed by atoms with van der Waals surface area (Å²) in [7, 11) is 0. The molecule has 1 aromatic carbocycles. The second kappa shape index (κ2) is 6.94. The Hall–Kier alpha value is -2.87. The van der Waals surface area contributed by atoms with E-state index in [9.17, 15) is 14.9 Å². The number of primary amides is 1. The molecule has 0 aliphatic carbocycles. The minimum Gasteiger partial charge on any atom is -0.368 e. The van der Waals surface area contributed by atoms with Gasteiger partial charge in [-0.2, -0.15) is 0 Å². The summed E-state index contributed by atoms with van der Waals surface area (Å²) in [4.78, 5) is 29.7. The van der Waals surface area contributed by atoms with Crippen molar-refractivity contribution in [3.63, 3.8) is 0 Å². The van der Waals surface area contributed by atoms with Crippen LogP contribution in [0.2, 0.25) is 5.02 Å². The lowest BCUT2D eigenvalue weighted by molar-refractivity contribution is -0.385. The average Bonchev–Trinajstić information content (AvgIpc) is 2.62. The molecule has 8 nitrogen and oxygen atoms in total. The largest absolute Gasteiger partial charge is 0.368 e. The molecular formula is C16H16ClN5O3. The maximum atomic E-state index is 11.1. The van der Waals surface area contributed by atoms with Crippen molar-refractivity contribution in [2.45, 2.75) is 0 Å². The van der Waals surface area contributed by atoms with Crippen LogP contribution in [0.4, 0.5) is 17.2 Å². The smallest absolute Gasteiger partial charge is 0.289 e. The normalized spacial score (nSPS) is 14.4. The topological polar surface area (TPSA) is 106 Å². The maximum absolute atomic E-state index is 11.1. The second-order valence-electron chi connectivity index (χ2n) is 5.64. The number of anilines is 2. The van der Waals surface area contributed by atoms with Crippen molar-refractivity contribution >= 4 is 34.7 Å². The highest BCUT2D eigenvalue weighted by atomic mass is 35.5. The number of piperazine rings is 1. The van der Waals surface area contributed by atoms with Crippen molar-refractivity contribution in [2.75, 3.05) is 36.0 Å². The number of rotatable bonds is 4. The molecule has 9 heteroatoms. The first-order valence-corrected chi connectivity index (χ1v) is 8.03. The molecule has 0 spiro atoms. The Bertz CT molecular complexity index is 804. The lowest BCUT2D eigenvalue weighted by Crippen LogP contribution is -2.47. The number of hydrogen-bond acceptors (Lipinski definition) is 6. The first-order valence-electron chi connectivity index (χ1n) is 7.65. The zero-order valence-corrected chi connectivity index (χ0v) is 14.0. The number of benzene rings is 1. The number of pyridine rings is 1. The fraction of sp³-hybridized carbons (Fsp3) is 0.250. The van der Waals surface area contributed by atoms with Crippen molar-refractivity contribution in [1.82, 2.24) is 4.98 Å². The molecule has 2 aromatic rings. The van der Waals surface area contributed by atoms with Crippen molar-refractivity contribution in [2.24, 2.45) is 5.73 Å². The molecule has 2 heterocycles. The van der Waals surface area contributed by atoms with Crippen LogP contribution in [0.1, 0.15) is 10.4 Å². The monoisotopic (exact) mass is 361 g/mol. The third kappa shape index (κ3) is 3.63. The molecule has 25 heavy (non-hydrogen) atoms. The summed E-state index contributed by atoms with van der Waals surface area (Å²) in [6, 6.07) is 8.47. The van der Waals surface area contributed by atoms with Crippen molar-refractivity contribution in [3.05, 3.63) is 57.2 Å². The van der Waals surface area contributed by atoms with E-state index in [4.69, 9.17) is 17.3 Å². The Morgan fingerprint density at radius 2 is 1.76 bits per heavy atom. The van der Waals surface area contributed by atoms with Gasteiger partial charge in [-0.1, -0.05) is 11.6 Å². The molecule has 0 atom stereocenters. The van der Waals surface area contributed by atoms with Gasteiger partial charge in [-0.15, -0.1) is 0 Å². The second-order valence-corrected chi connectivity index (χ2v) is 6.05. The Morgan fingerprint density at radius 1 is 1.16 bits per heavy atom. The molecule has 0 unspecified atom stereocenters. The summed E-state index contributed by atoms with van der Waals surface area (Å²) < 4.78 is 0. The molecule has 1 aromatic heterocycles. The first kappa shape index (κ1) is 17.0. The van der Waals surface area contributed by atoms with Crippen LogP contribution in [0, 0.1) is 10.1 Å². The number of amides is 1. The van der Waals surface area contributed by atoms with Gasteiger partial charge in [0.1, 0.15) is 12.0 Å². The van der Waals surface area contributed by atoms with Crippen LogP contribution in [-0.2, 0) is 0 Å². The van der Waals surface area contributed by atoms with E-state index < -0.39 is 10.8 Å². The number of hydrogen-bond donors (Lipinski definition) is 1. The van der Waals surface area contributed by atoms with Crippen LogP contribution in [-0.4, -0.2) is 42.0 Å². The molecule has 0 bridgehead atoms. The van der Waals surface area contributed by atoms with Gasteiger partial charge < -0.3 is 15.5 Å². The Labute approximate surface area is 149 Å². The number of nitro groups is 1. The standard InChI is InChI=1S/C16H16ClN5O3/c17-14-9-13(22(24)25)10-19-16(14)21-7-5-20(6-8-21)12-3-1-11(2-4-12)15(18)23/h1-4,9-10H,5-8H2,(H2,18,23). The van der Waals surface area contributed by atoms with Gasteiger partial charge in [0.15, 0.2) is 0 Å². The molecule has 0 saturated carbocycles. The zero-order chi connectivity index (χ0) is 18.0. The highest BCUT2D eigenvalue weighted by molar-refractivity contribution is 6.33. The minimum atomic E-state index is -0.518. The number of carbonyl (C=O) groups is 1. The van der Waals surface area contributed by atoms with Crippen LogP contribution in [0.3, 0.4) is 0 Å². The molecule has 1 fully saturated rings. The van der Waals surface area contributed by atoms with Crippen LogP contribution in [0.5, 0.6) is 0 Å². The van der Waals surface area contributed by atoms with Crippen LogP contribution < -0.4 is 15.5 Å². The number of aromatic nitrogens is 1. The highest BCUT2D eigenvalue weighted by Crippen LogP contribution is 2.28. The minimum absolute atomic E-state index is 0.123. The number of halogens is 1. The van der Waals surface area contributed by atoms with Gasteiger partial charge in [0.2, 0.25) is 5.91 Å². The van der Waals surface area contributed by atoms with E-state index in [0.29, 0.717) is 24.5 Å². The summed E-state index contributed by atoms with van der Waals surface area (Å²) in [6.07, 6.45) is 1.22. The van der Waals surface area contributed by atoms with Crippen molar-refractivity contribution in [1.29, 1.82) is 0 Å². The zero-order valence-electron chi connectivity index (χ0n) is 13.3. The molecule has 130 valence electrons. The molecule has 2 N–H and O–H groups in total. The molecular weight excluding hydrogens is 346 g/mol. The van der Waals surface area contributed by atoms with E-state index in [2.05, 4.69) is 9.88 Å². The quantitative estimate of drug-likeness (QED) is 0.660. The lowest BCUT2D eigenvalue weighted by Gasteiger charge is -2.37. The molecule has 0 radical (unpaired) electrons. The number of nitrogens with two attached hydrogens (primary N) is 1. The summed E-state index contributed by atoms with van der Waals surface area (Å²) in [6.45, 7) is 2.85. The van der Waals surface area contributed by atoms with Crippen LogP contribution >= 0.6 is 11.6 Å². The summed E-state index contributed by atoms with van der Waals surface area (Å²) >= 11 is 6.14. The van der Waals surface area contributed by atoms with Gasteiger partial charge in [-0.3, -0.25) is 14.9 Å². The Balaban J connectivity index is 1.67.